The van der Waals surface area contributed by atoms with Crippen molar-refractivity contribution >= 4 is 11.9 Å². The molecule has 2 aliphatic heterocycles. The van der Waals surface area contributed by atoms with Crippen molar-refractivity contribution in [2.75, 3.05) is 26.7 Å². The van der Waals surface area contributed by atoms with Crippen LogP contribution in [-0.2, 0) is 18.3 Å². The number of aryl methyl sites for hydroxylation is 2. The standard InChI is InChI=1S/C17H27N5O2/c1-17(15(23)21(3)16(24)19-17)14-7-5-9-22(12-14)8-4-6-13-10-18-20(2)11-13/h10-11,14H,4-9,12H2,1-3H3,(H,19,24)/t14-,17+/m1/s1. The van der Waals surface area contributed by atoms with Gasteiger partial charge in [0.1, 0.15) is 5.54 Å². The van der Waals surface area contributed by atoms with E-state index in [1.807, 2.05) is 24.9 Å². The molecule has 0 aromatic carbocycles. The molecule has 0 aliphatic carbocycles. The highest BCUT2D eigenvalue weighted by atomic mass is 16.2. The Morgan fingerprint density at radius 2 is 2.17 bits per heavy atom. The van der Waals surface area contributed by atoms with Gasteiger partial charge in [0.25, 0.3) is 5.91 Å². The van der Waals surface area contributed by atoms with E-state index in [2.05, 4.69) is 21.5 Å². The number of imide groups is 1. The minimum atomic E-state index is -0.756. The van der Waals surface area contributed by atoms with Gasteiger partial charge in [-0.25, -0.2) is 4.79 Å². The van der Waals surface area contributed by atoms with Crippen molar-refractivity contribution in [1.82, 2.24) is 24.9 Å². The Bertz CT molecular complexity index is 628. The molecule has 2 atom stereocenters. The van der Waals surface area contributed by atoms with Gasteiger partial charge in [-0.2, -0.15) is 5.10 Å². The van der Waals surface area contributed by atoms with Crippen LogP contribution < -0.4 is 5.32 Å². The van der Waals surface area contributed by atoms with Crippen LogP contribution in [0.25, 0.3) is 0 Å². The smallest absolute Gasteiger partial charge is 0.323 e. The van der Waals surface area contributed by atoms with Gasteiger partial charge in [-0.1, -0.05) is 0 Å². The zero-order valence-electron chi connectivity index (χ0n) is 14.8. The predicted octanol–water partition coefficient (Wildman–Crippen LogP) is 1.00. The number of piperidine rings is 1. The molecule has 0 bridgehead atoms. The van der Waals surface area contributed by atoms with Crippen molar-refractivity contribution in [3.63, 3.8) is 0 Å². The minimum Gasteiger partial charge on any atom is -0.323 e. The summed E-state index contributed by atoms with van der Waals surface area (Å²) in [6.07, 6.45) is 8.13. The van der Waals surface area contributed by atoms with E-state index in [1.54, 1.807) is 7.05 Å². The summed E-state index contributed by atoms with van der Waals surface area (Å²) in [7, 11) is 3.49. The van der Waals surface area contributed by atoms with Crippen LogP contribution in [0.2, 0.25) is 0 Å². The Hall–Kier alpha value is -1.89. The summed E-state index contributed by atoms with van der Waals surface area (Å²) < 4.78 is 1.83. The van der Waals surface area contributed by atoms with E-state index in [9.17, 15) is 9.59 Å². The van der Waals surface area contributed by atoms with E-state index >= 15 is 0 Å². The average Bonchev–Trinajstić information content (AvgIpc) is 3.06. The lowest BCUT2D eigenvalue weighted by Crippen LogP contribution is -2.55. The van der Waals surface area contributed by atoms with Gasteiger partial charge in [-0.05, 0) is 51.3 Å². The number of likely N-dealkylation sites (N-methyl/N-ethyl adjacent to an activating group) is 1. The first-order valence-corrected chi connectivity index (χ1v) is 8.70. The maximum absolute atomic E-state index is 12.5. The fourth-order valence-corrected chi connectivity index (χ4v) is 3.91. The monoisotopic (exact) mass is 333 g/mol. The zero-order chi connectivity index (χ0) is 17.3. The fourth-order valence-electron chi connectivity index (χ4n) is 3.91. The molecule has 0 unspecified atom stereocenters. The van der Waals surface area contributed by atoms with Gasteiger partial charge in [0.15, 0.2) is 0 Å². The number of aromatic nitrogens is 2. The molecule has 3 rings (SSSR count). The number of nitrogens with one attached hydrogen (secondary N) is 1. The average molecular weight is 333 g/mol. The number of amides is 3. The first kappa shape index (κ1) is 17.0. The lowest BCUT2D eigenvalue weighted by molar-refractivity contribution is -0.132. The maximum Gasteiger partial charge on any atom is 0.324 e. The van der Waals surface area contributed by atoms with E-state index < -0.39 is 5.54 Å². The van der Waals surface area contributed by atoms with Crippen LogP contribution in [0.5, 0.6) is 0 Å². The van der Waals surface area contributed by atoms with Crippen molar-refractivity contribution < 1.29 is 9.59 Å². The Morgan fingerprint density at radius 1 is 1.38 bits per heavy atom. The number of carbonyl (C=O) groups is 2. The predicted molar refractivity (Wildman–Crippen MR) is 90.4 cm³/mol. The van der Waals surface area contributed by atoms with Crippen molar-refractivity contribution in [3.05, 3.63) is 18.0 Å². The lowest BCUT2D eigenvalue weighted by Gasteiger charge is -2.39. The van der Waals surface area contributed by atoms with Crippen LogP contribution >= 0.6 is 0 Å². The van der Waals surface area contributed by atoms with Crippen LogP contribution in [0, 0.1) is 5.92 Å². The number of rotatable bonds is 5. The van der Waals surface area contributed by atoms with E-state index in [-0.39, 0.29) is 17.9 Å². The largest absolute Gasteiger partial charge is 0.324 e. The molecular weight excluding hydrogens is 306 g/mol. The second kappa shape index (κ2) is 6.55. The van der Waals surface area contributed by atoms with Gasteiger partial charge in [0.2, 0.25) is 0 Å². The Labute approximate surface area is 143 Å². The minimum absolute atomic E-state index is 0.102. The summed E-state index contributed by atoms with van der Waals surface area (Å²) >= 11 is 0. The van der Waals surface area contributed by atoms with Crippen molar-refractivity contribution in [3.8, 4) is 0 Å². The van der Waals surface area contributed by atoms with Gasteiger partial charge >= 0.3 is 6.03 Å². The lowest BCUT2D eigenvalue weighted by atomic mass is 9.80. The van der Waals surface area contributed by atoms with Gasteiger partial charge < -0.3 is 10.2 Å². The molecule has 7 nitrogen and oxygen atoms in total. The molecule has 2 aliphatic rings. The molecule has 0 spiro atoms. The Kier molecular flexibility index (Phi) is 4.62. The molecule has 132 valence electrons. The van der Waals surface area contributed by atoms with E-state index in [1.165, 1.54) is 10.5 Å². The molecule has 24 heavy (non-hydrogen) atoms. The quantitative estimate of drug-likeness (QED) is 0.816. The molecule has 0 saturated carbocycles. The number of nitrogens with zero attached hydrogens (tertiary/aromatic N) is 4. The first-order chi connectivity index (χ1) is 11.4. The number of carbonyl (C=O) groups excluding carboxylic acids is 2. The van der Waals surface area contributed by atoms with Gasteiger partial charge in [0.05, 0.1) is 6.20 Å². The highest BCUT2D eigenvalue weighted by molar-refractivity contribution is 6.06. The number of likely N-dealkylation sites (tertiary alicyclic amines) is 1. The summed E-state index contributed by atoms with van der Waals surface area (Å²) in [4.78, 5) is 27.9. The molecule has 1 aromatic heterocycles. The molecule has 7 heteroatoms. The topological polar surface area (TPSA) is 70.5 Å². The Morgan fingerprint density at radius 3 is 2.79 bits per heavy atom. The highest BCUT2D eigenvalue weighted by Gasteiger charge is 2.51. The van der Waals surface area contributed by atoms with Crippen LogP contribution in [0.4, 0.5) is 4.79 Å². The molecule has 2 fully saturated rings. The molecular formula is C17H27N5O2. The summed E-state index contributed by atoms with van der Waals surface area (Å²) in [5.74, 6) is 0.0701. The number of urea groups is 1. The van der Waals surface area contributed by atoms with E-state index in [0.717, 1.165) is 45.3 Å². The second-order valence-electron chi connectivity index (χ2n) is 7.26. The van der Waals surface area contributed by atoms with Crippen molar-refractivity contribution in [2.24, 2.45) is 13.0 Å². The van der Waals surface area contributed by atoms with Crippen LogP contribution in [0.15, 0.2) is 12.4 Å². The summed E-state index contributed by atoms with van der Waals surface area (Å²) in [6, 6.07) is -0.281. The SMILES string of the molecule is CN1C(=O)N[C@@](C)([C@@H]2CCCN(CCCc3cnn(C)c3)C2)C1=O. The molecule has 3 amide bonds. The van der Waals surface area contributed by atoms with Crippen LogP contribution in [0.3, 0.4) is 0 Å². The van der Waals surface area contributed by atoms with Gasteiger partial charge in [-0.15, -0.1) is 0 Å². The molecule has 3 heterocycles. The number of hydrogen-bond donors (Lipinski definition) is 1. The Balaban J connectivity index is 1.54. The first-order valence-electron chi connectivity index (χ1n) is 8.70. The van der Waals surface area contributed by atoms with Crippen LogP contribution in [0.1, 0.15) is 31.7 Å². The highest BCUT2D eigenvalue weighted by Crippen LogP contribution is 2.32. The van der Waals surface area contributed by atoms with Crippen molar-refractivity contribution in [2.45, 2.75) is 38.1 Å². The zero-order valence-corrected chi connectivity index (χ0v) is 14.8. The normalized spacial score (nSPS) is 28.5. The third-order valence-electron chi connectivity index (χ3n) is 5.44. The fraction of sp³-hybridized carbons (Fsp3) is 0.706. The second-order valence-corrected chi connectivity index (χ2v) is 7.26. The summed E-state index contributed by atoms with van der Waals surface area (Å²) in [6.45, 7) is 4.82. The molecule has 0 radical (unpaired) electrons. The van der Waals surface area contributed by atoms with E-state index in [4.69, 9.17) is 0 Å². The van der Waals surface area contributed by atoms with Crippen molar-refractivity contribution in [1.29, 1.82) is 0 Å². The molecule has 1 N–H and O–H groups in total. The molecule has 1 aromatic rings. The third-order valence-corrected chi connectivity index (χ3v) is 5.44. The van der Waals surface area contributed by atoms with E-state index in [0.29, 0.717) is 0 Å². The third kappa shape index (κ3) is 3.17. The van der Waals surface area contributed by atoms with Crippen LogP contribution in [-0.4, -0.2) is 63.7 Å². The summed E-state index contributed by atoms with van der Waals surface area (Å²) in [5, 5.41) is 7.10. The van der Waals surface area contributed by atoms with Gasteiger partial charge in [0, 0.05) is 32.8 Å². The number of hydrogen-bond acceptors (Lipinski definition) is 4. The molecule has 2 saturated heterocycles. The maximum atomic E-state index is 12.5. The summed E-state index contributed by atoms with van der Waals surface area (Å²) in [5.41, 5.74) is 0.506. The van der Waals surface area contributed by atoms with Gasteiger partial charge in [-0.3, -0.25) is 14.4 Å².